The molecule has 1 aromatic carbocycles. The Labute approximate surface area is 107 Å². The minimum Gasteiger partial charge on any atom is -0.490 e. The van der Waals surface area contributed by atoms with Crippen LogP contribution in [-0.4, -0.2) is 29.1 Å². The Morgan fingerprint density at radius 1 is 1.17 bits per heavy atom. The van der Waals surface area contributed by atoms with Gasteiger partial charge in [0.05, 0.1) is 0 Å². The number of carbonyl (C=O) groups is 1. The number of para-hydroxylation sites is 1. The number of nitrogens with two attached hydrogens (primary N) is 1. The molecule has 2 fully saturated rings. The quantitative estimate of drug-likeness (QED) is 0.869. The van der Waals surface area contributed by atoms with Crippen LogP contribution in [0.4, 0.5) is 4.79 Å². The highest BCUT2D eigenvalue weighted by Crippen LogP contribution is 2.36. The molecule has 4 nitrogen and oxygen atoms in total. The SMILES string of the molecule is NC(=O)N1[C@@H]2CC[C@H]1CC(Oc1ccccc1)C2. The summed E-state index contributed by atoms with van der Waals surface area (Å²) in [5, 5.41) is 0. The molecule has 1 aromatic rings. The van der Waals surface area contributed by atoms with Gasteiger partial charge >= 0.3 is 6.03 Å². The minimum absolute atomic E-state index is 0.209. The number of hydrogen-bond acceptors (Lipinski definition) is 2. The Kier molecular flexibility index (Phi) is 2.86. The topological polar surface area (TPSA) is 55.6 Å². The predicted molar refractivity (Wildman–Crippen MR) is 68.3 cm³/mol. The van der Waals surface area contributed by atoms with Gasteiger partial charge in [0.15, 0.2) is 0 Å². The molecule has 2 amide bonds. The summed E-state index contributed by atoms with van der Waals surface area (Å²) in [7, 11) is 0. The number of carbonyl (C=O) groups excluding carboxylic acids is 1. The second-order valence-corrected chi connectivity index (χ2v) is 5.15. The fourth-order valence-corrected chi connectivity index (χ4v) is 3.27. The van der Waals surface area contributed by atoms with E-state index in [4.69, 9.17) is 10.5 Å². The third-order valence-electron chi connectivity index (χ3n) is 3.99. The molecule has 0 aromatic heterocycles. The van der Waals surface area contributed by atoms with Crippen LogP contribution in [0.1, 0.15) is 25.7 Å². The molecule has 96 valence electrons. The lowest BCUT2D eigenvalue weighted by molar-refractivity contribution is 0.0718. The second-order valence-electron chi connectivity index (χ2n) is 5.15. The molecule has 2 heterocycles. The van der Waals surface area contributed by atoms with Crippen LogP contribution in [0.5, 0.6) is 5.75 Å². The fourth-order valence-electron chi connectivity index (χ4n) is 3.27. The smallest absolute Gasteiger partial charge is 0.315 e. The third kappa shape index (κ3) is 2.03. The Balaban J connectivity index is 1.67. The summed E-state index contributed by atoms with van der Waals surface area (Å²) in [6, 6.07) is 10.1. The van der Waals surface area contributed by atoms with Crippen LogP contribution in [0.25, 0.3) is 0 Å². The van der Waals surface area contributed by atoms with Gasteiger partial charge in [0.1, 0.15) is 11.9 Å². The van der Waals surface area contributed by atoms with Crippen LogP contribution in [-0.2, 0) is 0 Å². The summed E-state index contributed by atoms with van der Waals surface area (Å²) in [6.07, 6.45) is 4.12. The van der Waals surface area contributed by atoms with Gasteiger partial charge in [-0.15, -0.1) is 0 Å². The van der Waals surface area contributed by atoms with Gasteiger partial charge in [-0.25, -0.2) is 4.79 Å². The molecule has 2 saturated heterocycles. The average Bonchev–Trinajstić information content (AvgIpc) is 2.63. The lowest BCUT2D eigenvalue weighted by Gasteiger charge is -2.37. The van der Waals surface area contributed by atoms with Gasteiger partial charge in [-0.1, -0.05) is 18.2 Å². The first-order valence-electron chi connectivity index (χ1n) is 6.53. The summed E-state index contributed by atoms with van der Waals surface area (Å²) >= 11 is 0. The summed E-state index contributed by atoms with van der Waals surface area (Å²) in [5.74, 6) is 0.912. The van der Waals surface area contributed by atoms with E-state index in [1.807, 2.05) is 35.2 Å². The van der Waals surface area contributed by atoms with Gasteiger partial charge in [-0.3, -0.25) is 0 Å². The number of hydrogen-bond donors (Lipinski definition) is 1. The van der Waals surface area contributed by atoms with Crippen molar-refractivity contribution in [3.05, 3.63) is 30.3 Å². The number of nitrogens with zero attached hydrogens (tertiary/aromatic N) is 1. The maximum Gasteiger partial charge on any atom is 0.315 e. The maximum absolute atomic E-state index is 11.4. The van der Waals surface area contributed by atoms with E-state index in [-0.39, 0.29) is 24.2 Å². The van der Waals surface area contributed by atoms with Crippen LogP contribution in [0.2, 0.25) is 0 Å². The standard InChI is InChI=1S/C14H18N2O2/c15-14(17)16-10-6-7-11(16)9-13(8-10)18-12-4-2-1-3-5-12/h1-5,10-11,13H,6-9H2,(H2,15,17)/t10-,11+,13?. The molecule has 0 radical (unpaired) electrons. The van der Waals surface area contributed by atoms with Crippen molar-refractivity contribution in [3.8, 4) is 5.75 Å². The fraction of sp³-hybridized carbons (Fsp3) is 0.500. The molecule has 0 aliphatic carbocycles. The highest BCUT2D eigenvalue weighted by molar-refractivity contribution is 5.73. The molecule has 2 bridgehead atoms. The first-order valence-corrected chi connectivity index (χ1v) is 6.53. The lowest BCUT2D eigenvalue weighted by atomic mass is 10.00. The van der Waals surface area contributed by atoms with Gasteiger partial charge in [0, 0.05) is 24.9 Å². The van der Waals surface area contributed by atoms with E-state index in [2.05, 4.69) is 0 Å². The zero-order chi connectivity index (χ0) is 12.5. The van der Waals surface area contributed by atoms with Crippen LogP contribution in [0.3, 0.4) is 0 Å². The number of amides is 2. The van der Waals surface area contributed by atoms with E-state index in [0.717, 1.165) is 31.4 Å². The van der Waals surface area contributed by atoms with E-state index in [9.17, 15) is 4.79 Å². The van der Waals surface area contributed by atoms with Crippen molar-refractivity contribution in [2.75, 3.05) is 0 Å². The minimum atomic E-state index is -0.277. The summed E-state index contributed by atoms with van der Waals surface area (Å²) < 4.78 is 5.99. The van der Waals surface area contributed by atoms with Crippen LogP contribution in [0.15, 0.2) is 30.3 Å². The Morgan fingerprint density at radius 2 is 1.78 bits per heavy atom. The summed E-state index contributed by atoms with van der Waals surface area (Å²) in [4.78, 5) is 13.2. The first-order chi connectivity index (χ1) is 8.74. The number of benzene rings is 1. The second kappa shape index (κ2) is 4.52. The molecule has 18 heavy (non-hydrogen) atoms. The Hall–Kier alpha value is -1.71. The van der Waals surface area contributed by atoms with Gasteiger partial charge in [-0.05, 0) is 25.0 Å². The number of ether oxygens (including phenoxy) is 1. The van der Waals surface area contributed by atoms with Crippen LogP contribution < -0.4 is 10.5 Å². The molecule has 0 saturated carbocycles. The summed E-state index contributed by atoms with van der Waals surface area (Å²) in [5.41, 5.74) is 5.43. The van der Waals surface area contributed by atoms with Crippen molar-refractivity contribution in [1.29, 1.82) is 0 Å². The molecule has 2 aliphatic heterocycles. The van der Waals surface area contributed by atoms with Gasteiger partial charge in [0.25, 0.3) is 0 Å². The molecule has 3 atom stereocenters. The van der Waals surface area contributed by atoms with E-state index in [1.165, 1.54) is 0 Å². The largest absolute Gasteiger partial charge is 0.490 e. The summed E-state index contributed by atoms with van der Waals surface area (Å²) in [6.45, 7) is 0. The molecular weight excluding hydrogens is 228 g/mol. The number of primary amides is 1. The number of fused-ring (bicyclic) bond motifs is 2. The van der Waals surface area contributed by atoms with E-state index >= 15 is 0 Å². The van der Waals surface area contributed by atoms with E-state index in [0.29, 0.717) is 0 Å². The average molecular weight is 246 g/mol. The highest BCUT2D eigenvalue weighted by atomic mass is 16.5. The monoisotopic (exact) mass is 246 g/mol. The van der Waals surface area contributed by atoms with Crippen molar-refractivity contribution in [1.82, 2.24) is 4.90 Å². The molecule has 2 aliphatic rings. The van der Waals surface area contributed by atoms with Crippen molar-refractivity contribution in [2.24, 2.45) is 5.73 Å². The normalized spacial score (nSPS) is 30.2. The van der Waals surface area contributed by atoms with Gasteiger partial charge < -0.3 is 15.4 Å². The third-order valence-corrected chi connectivity index (χ3v) is 3.99. The Bertz CT molecular complexity index is 421. The first kappa shape index (κ1) is 11.4. The van der Waals surface area contributed by atoms with E-state index < -0.39 is 0 Å². The van der Waals surface area contributed by atoms with Crippen LogP contribution in [0, 0.1) is 0 Å². The lowest BCUT2D eigenvalue weighted by Crippen LogP contribution is -2.51. The van der Waals surface area contributed by atoms with E-state index in [1.54, 1.807) is 0 Å². The number of urea groups is 1. The predicted octanol–water partition coefficient (Wildman–Crippen LogP) is 2.14. The highest BCUT2D eigenvalue weighted by Gasteiger charge is 2.43. The van der Waals surface area contributed by atoms with Crippen molar-refractivity contribution < 1.29 is 9.53 Å². The number of rotatable bonds is 2. The Morgan fingerprint density at radius 3 is 2.33 bits per heavy atom. The molecular formula is C14H18N2O2. The molecule has 0 spiro atoms. The van der Waals surface area contributed by atoms with Crippen molar-refractivity contribution >= 4 is 6.03 Å². The molecule has 2 N–H and O–H groups in total. The van der Waals surface area contributed by atoms with Gasteiger partial charge in [-0.2, -0.15) is 0 Å². The molecule has 4 heteroatoms. The maximum atomic E-state index is 11.4. The van der Waals surface area contributed by atoms with Crippen molar-refractivity contribution in [3.63, 3.8) is 0 Å². The van der Waals surface area contributed by atoms with Crippen molar-refractivity contribution in [2.45, 2.75) is 43.9 Å². The zero-order valence-electron chi connectivity index (χ0n) is 10.3. The molecule has 3 rings (SSSR count). The van der Waals surface area contributed by atoms with Crippen LogP contribution >= 0.6 is 0 Å². The van der Waals surface area contributed by atoms with Gasteiger partial charge in [0.2, 0.25) is 0 Å². The molecule has 1 unspecified atom stereocenters. The number of piperidine rings is 1. The zero-order valence-corrected chi connectivity index (χ0v) is 10.3.